The molecule has 0 radical (unpaired) electrons. The molecule has 1 amide bonds. The molecule has 1 saturated heterocycles. The Morgan fingerprint density at radius 2 is 1.73 bits per heavy atom. The molecule has 22 heavy (non-hydrogen) atoms. The molecule has 0 aliphatic carbocycles. The van der Waals surface area contributed by atoms with Crippen molar-refractivity contribution < 1.29 is 4.79 Å². The second kappa shape index (κ2) is 10.4. The van der Waals surface area contributed by atoms with Gasteiger partial charge in [0.2, 0.25) is 5.91 Å². The predicted octanol–water partition coefficient (Wildman–Crippen LogP) is 2.45. The van der Waals surface area contributed by atoms with Crippen LogP contribution >= 0.6 is 0 Å². The summed E-state index contributed by atoms with van der Waals surface area (Å²) in [6.07, 6.45) is 5.80. The highest BCUT2D eigenvalue weighted by Crippen LogP contribution is 2.11. The fourth-order valence-corrected chi connectivity index (χ4v) is 2.19. The van der Waals surface area contributed by atoms with E-state index in [2.05, 4.69) is 23.4 Å². The summed E-state index contributed by atoms with van der Waals surface area (Å²) in [6.45, 7) is 19.5. The Balaban J connectivity index is 0.00000135. The van der Waals surface area contributed by atoms with Crippen LogP contribution in [0.4, 0.5) is 0 Å². The van der Waals surface area contributed by atoms with Crippen molar-refractivity contribution in [1.29, 1.82) is 0 Å². The largest absolute Gasteiger partial charge is 0.339 e. The van der Waals surface area contributed by atoms with E-state index in [9.17, 15) is 4.79 Å². The number of carbonyl (C=O) groups excluding carboxylic acids is 1. The maximum absolute atomic E-state index is 12.3. The van der Waals surface area contributed by atoms with Crippen molar-refractivity contribution in [1.82, 2.24) is 15.1 Å². The SMILES string of the molecule is C=C(/C=C\C)CN1CCN(C(=O)C(C)(C)NC)CC1.C=CC. The summed E-state index contributed by atoms with van der Waals surface area (Å²) in [6, 6.07) is 0. The van der Waals surface area contributed by atoms with Crippen LogP contribution < -0.4 is 5.32 Å². The van der Waals surface area contributed by atoms with Crippen molar-refractivity contribution in [3.05, 3.63) is 37.0 Å². The third-order valence-corrected chi connectivity index (χ3v) is 3.65. The number of nitrogens with one attached hydrogen (secondary N) is 1. The summed E-state index contributed by atoms with van der Waals surface area (Å²) in [5.41, 5.74) is 0.648. The zero-order valence-corrected chi connectivity index (χ0v) is 15.0. The Labute approximate surface area is 136 Å². The molecule has 4 nitrogen and oxygen atoms in total. The summed E-state index contributed by atoms with van der Waals surface area (Å²) >= 11 is 0. The quantitative estimate of drug-likeness (QED) is 0.626. The zero-order valence-electron chi connectivity index (χ0n) is 15.0. The number of carbonyl (C=O) groups is 1. The topological polar surface area (TPSA) is 35.6 Å². The van der Waals surface area contributed by atoms with Crippen molar-refractivity contribution >= 4 is 5.91 Å². The molecule has 126 valence electrons. The number of rotatable bonds is 5. The van der Waals surface area contributed by atoms with Crippen molar-refractivity contribution in [2.75, 3.05) is 39.8 Å². The molecule has 1 fully saturated rings. The highest BCUT2D eigenvalue weighted by atomic mass is 16.2. The first-order valence-electron chi connectivity index (χ1n) is 7.90. The summed E-state index contributed by atoms with van der Waals surface area (Å²) in [7, 11) is 1.83. The van der Waals surface area contributed by atoms with Crippen molar-refractivity contribution in [3.8, 4) is 0 Å². The van der Waals surface area contributed by atoms with Gasteiger partial charge in [-0.1, -0.05) is 24.8 Å². The molecule has 0 atom stereocenters. The average Bonchev–Trinajstić information content (AvgIpc) is 2.48. The Morgan fingerprint density at radius 3 is 2.14 bits per heavy atom. The molecule has 0 saturated carbocycles. The van der Waals surface area contributed by atoms with E-state index in [1.807, 2.05) is 51.8 Å². The molecule has 0 aromatic carbocycles. The Morgan fingerprint density at radius 1 is 1.23 bits per heavy atom. The lowest BCUT2D eigenvalue weighted by Crippen LogP contribution is -2.57. The Kier molecular flexibility index (Phi) is 9.70. The van der Waals surface area contributed by atoms with Gasteiger partial charge in [-0.3, -0.25) is 9.69 Å². The monoisotopic (exact) mass is 307 g/mol. The van der Waals surface area contributed by atoms with E-state index < -0.39 is 5.54 Å². The molecule has 1 N–H and O–H groups in total. The van der Waals surface area contributed by atoms with E-state index in [-0.39, 0.29) is 5.91 Å². The highest BCUT2D eigenvalue weighted by molar-refractivity contribution is 5.85. The number of nitrogens with zero attached hydrogens (tertiary/aromatic N) is 2. The minimum Gasteiger partial charge on any atom is -0.339 e. The third-order valence-electron chi connectivity index (χ3n) is 3.65. The number of likely N-dealkylation sites (N-methyl/N-ethyl adjacent to an activating group) is 1. The lowest BCUT2D eigenvalue weighted by molar-refractivity contribution is -0.138. The van der Waals surface area contributed by atoms with Crippen LogP contribution in [0.1, 0.15) is 27.7 Å². The van der Waals surface area contributed by atoms with Crippen LogP contribution in [0, 0.1) is 0 Å². The van der Waals surface area contributed by atoms with Gasteiger partial charge in [0.05, 0.1) is 5.54 Å². The molecule has 0 aromatic heterocycles. The van der Waals surface area contributed by atoms with Gasteiger partial charge in [-0.15, -0.1) is 6.58 Å². The lowest BCUT2D eigenvalue weighted by Gasteiger charge is -2.38. The summed E-state index contributed by atoms with van der Waals surface area (Å²) in [5.74, 6) is 0.182. The normalized spacial score (nSPS) is 16.1. The molecule has 1 rings (SSSR count). The molecule has 4 heteroatoms. The third kappa shape index (κ3) is 7.05. The minimum atomic E-state index is -0.475. The second-order valence-electron chi connectivity index (χ2n) is 6.01. The van der Waals surface area contributed by atoms with Crippen LogP contribution in [-0.4, -0.2) is 61.0 Å². The molecule has 1 heterocycles. The Hall–Kier alpha value is -1.39. The van der Waals surface area contributed by atoms with Gasteiger partial charge in [0, 0.05) is 32.7 Å². The average molecular weight is 307 g/mol. The smallest absolute Gasteiger partial charge is 0.242 e. The van der Waals surface area contributed by atoms with Crippen LogP contribution in [0.25, 0.3) is 0 Å². The Bertz CT molecular complexity index is 391. The predicted molar refractivity (Wildman–Crippen MR) is 96.0 cm³/mol. The van der Waals surface area contributed by atoms with Gasteiger partial charge in [-0.25, -0.2) is 0 Å². The van der Waals surface area contributed by atoms with Crippen molar-refractivity contribution in [3.63, 3.8) is 0 Å². The van der Waals surface area contributed by atoms with Crippen LogP contribution in [0.15, 0.2) is 37.0 Å². The van der Waals surface area contributed by atoms with Crippen molar-refractivity contribution in [2.24, 2.45) is 0 Å². The van der Waals surface area contributed by atoms with Gasteiger partial charge in [0.15, 0.2) is 0 Å². The van der Waals surface area contributed by atoms with Crippen LogP contribution in [-0.2, 0) is 4.79 Å². The first-order chi connectivity index (χ1) is 10.3. The number of hydrogen-bond acceptors (Lipinski definition) is 3. The van der Waals surface area contributed by atoms with Crippen LogP contribution in [0.3, 0.4) is 0 Å². The number of piperazine rings is 1. The molecule has 0 spiro atoms. The van der Waals surface area contributed by atoms with E-state index in [4.69, 9.17) is 0 Å². The van der Waals surface area contributed by atoms with Gasteiger partial charge in [-0.2, -0.15) is 0 Å². The van der Waals surface area contributed by atoms with Gasteiger partial charge >= 0.3 is 0 Å². The van der Waals surface area contributed by atoms with Crippen molar-refractivity contribution in [2.45, 2.75) is 33.2 Å². The van der Waals surface area contributed by atoms with Gasteiger partial charge < -0.3 is 10.2 Å². The van der Waals surface area contributed by atoms with Gasteiger partial charge in [0.25, 0.3) is 0 Å². The molecule has 0 bridgehead atoms. The number of hydrogen-bond donors (Lipinski definition) is 1. The van der Waals surface area contributed by atoms with E-state index in [0.29, 0.717) is 0 Å². The number of amides is 1. The standard InChI is InChI=1S/C15H27N3O.C3H6/c1-6-7-13(2)12-17-8-10-18(11-9-17)14(19)15(3,4)16-5;1-3-2/h6-7,16H,2,8-12H2,1,3-5H3;3H,1H2,2H3/b7-6-;. The fourth-order valence-electron chi connectivity index (χ4n) is 2.19. The molecule has 1 aliphatic rings. The van der Waals surface area contributed by atoms with E-state index in [0.717, 1.165) is 38.3 Å². The molecular formula is C18H33N3O. The first kappa shape index (κ1) is 20.6. The maximum atomic E-state index is 12.3. The van der Waals surface area contributed by atoms with Crippen LogP contribution in [0.5, 0.6) is 0 Å². The fraction of sp³-hybridized carbons (Fsp3) is 0.611. The molecule has 0 unspecified atom stereocenters. The molecular weight excluding hydrogens is 274 g/mol. The molecule has 1 aliphatic heterocycles. The summed E-state index contributed by atoms with van der Waals surface area (Å²) < 4.78 is 0. The zero-order chi connectivity index (χ0) is 17.2. The lowest BCUT2D eigenvalue weighted by atomic mass is 10.0. The highest BCUT2D eigenvalue weighted by Gasteiger charge is 2.32. The maximum Gasteiger partial charge on any atom is 0.242 e. The first-order valence-corrected chi connectivity index (χ1v) is 7.90. The minimum absolute atomic E-state index is 0.182. The second-order valence-corrected chi connectivity index (χ2v) is 6.01. The molecule has 0 aromatic rings. The van der Waals surface area contributed by atoms with Gasteiger partial charge in [0.1, 0.15) is 0 Å². The summed E-state index contributed by atoms with van der Waals surface area (Å²) in [4.78, 5) is 16.6. The van der Waals surface area contributed by atoms with Crippen LogP contribution in [0.2, 0.25) is 0 Å². The number of allylic oxidation sites excluding steroid dienone is 2. The van der Waals surface area contributed by atoms with E-state index >= 15 is 0 Å². The summed E-state index contributed by atoms with van der Waals surface area (Å²) in [5, 5.41) is 3.07. The van der Waals surface area contributed by atoms with Gasteiger partial charge in [-0.05, 0) is 40.3 Å². The van der Waals surface area contributed by atoms with E-state index in [1.165, 1.54) is 0 Å². The van der Waals surface area contributed by atoms with E-state index in [1.54, 1.807) is 6.08 Å².